The molecular formula is C12H11N3O2. The van der Waals surface area contributed by atoms with Gasteiger partial charge >= 0.3 is 0 Å². The Labute approximate surface area is 97.4 Å². The minimum absolute atomic E-state index is 0.00651. The number of amides is 1. The van der Waals surface area contributed by atoms with Gasteiger partial charge in [-0.2, -0.15) is 0 Å². The van der Waals surface area contributed by atoms with Gasteiger partial charge in [0.15, 0.2) is 5.78 Å². The highest BCUT2D eigenvalue weighted by Gasteiger charge is 2.27. The van der Waals surface area contributed by atoms with E-state index < -0.39 is 0 Å². The van der Waals surface area contributed by atoms with Crippen molar-refractivity contribution in [3.05, 3.63) is 30.1 Å². The van der Waals surface area contributed by atoms with Crippen molar-refractivity contribution in [1.29, 1.82) is 0 Å². The summed E-state index contributed by atoms with van der Waals surface area (Å²) in [6.45, 7) is 0.696. The molecule has 0 spiro atoms. The van der Waals surface area contributed by atoms with E-state index in [0.717, 1.165) is 16.6 Å². The van der Waals surface area contributed by atoms with Crippen molar-refractivity contribution in [3.63, 3.8) is 0 Å². The van der Waals surface area contributed by atoms with Crippen molar-refractivity contribution >= 4 is 22.7 Å². The van der Waals surface area contributed by atoms with Gasteiger partial charge in [-0.3, -0.25) is 9.59 Å². The number of nitrogens with one attached hydrogen (secondary N) is 1. The van der Waals surface area contributed by atoms with E-state index >= 15 is 0 Å². The predicted octanol–water partition coefficient (Wildman–Crippen LogP) is 0.864. The lowest BCUT2D eigenvalue weighted by atomic mass is 10.2. The van der Waals surface area contributed by atoms with Crippen LogP contribution in [0.4, 0.5) is 0 Å². The van der Waals surface area contributed by atoms with Gasteiger partial charge in [-0.25, -0.2) is 4.98 Å². The Bertz CT molecular complexity index is 603. The molecule has 0 aromatic carbocycles. The van der Waals surface area contributed by atoms with Crippen molar-refractivity contribution in [2.45, 2.75) is 13.0 Å². The molecule has 5 nitrogen and oxygen atoms in total. The maximum atomic E-state index is 11.5. The standard InChI is InChI=1S/C12H11N3O2/c16-9-4-11(17)15(7-9)6-8-5-14-12-10(8)2-1-3-13-12/h1-3,5H,4,6-7H2,(H,13,14). The van der Waals surface area contributed by atoms with Crippen LogP contribution in [0.5, 0.6) is 0 Å². The second kappa shape index (κ2) is 3.69. The molecule has 2 aromatic heterocycles. The maximum Gasteiger partial charge on any atom is 0.230 e. The molecule has 1 aliphatic heterocycles. The number of Topliss-reactive ketones (excluding diaryl/α,β-unsaturated/α-hetero) is 1. The normalized spacial score (nSPS) is 16.1. The topological polar surface area (TPSA) is 66.1 Å². The molecular weight excluding hydrogens is 218 g/mol. The van der Waals surface area contributed by atoms with E-state index in [4.69, 9.17) is 0 Å². The van der Waals surface area contributed by atoms with E-state index in [1.165, 1.54) is 0 Å². The molecule has 1 amide bonds. The number of aromatic amines is 1. The molecule has 86 valence electrons. The van der Waals surface area contributed by atoms with E-state index in [1.807, 2.05) is 18.3 Å². The first-order valence-corrected chi connectivity index (χ1v) is 5.44. The van der Waals surface area contributed by atoms with Crippen molar-refractivity contribution in [3.8, 4) is 0 Å². The number of nitrogens with zero attached hydrogens (tertiary/aromatic N) is 2. The number of pyridine rings is 1. The number of aromatic nitrogens is 2. The Morgan fingerprint density at radius 3 is 3.06 bits per heavy atom. The summed E-state index contributed by atoms with van der Waals surface area (Å²) < 4.78 is 0. The molecule has 1 aliphatic rings. The zero-order valence-corrected chi connectivity index (χ0v) is 9.14. The SMILES string of the molecule is O=C1CC(=O)N(Cc2c[nH]c3ncccc23)C1. The number of fused-ring (bicyclic) bond motifs is 1. The number of H-pyrrole nitrogens is 1. The number of hydrogen-bond donors (Lipinski definition) is 1. The summed E-state index contributed by atoms with van der Waals surface area (Å²) >= 11 is 0. The zero-order valence-electron chi connectivity index (χ0n) is 9.14. The Balaban J connectivity index is 1.90. The van der Waals surface area contributed by atoms with Crippen molar-refractivity contribution in [1.82, 2.24) is 14.9 Å². The number of likely N-dealkylation sites (tertiary alicyclic amines) is 1. The van der Waals surface area contributed by atoms with Crippen LogP contribution in [-0.4, -0.2) is 33.1 Å². The molecule has 0 atom stereocenters. The molecule has 0 unspecified atom stereocenters. The fraction of sp³-hybridized carbons (Fsp3) is 0.250. The summed E-state index contributed by atoms with van der Waals surface area (Å²) in [5, 5.41) is 1.000. The Kier molecular flexibility index (Phi) is 2.18. The van der Waals surface area contributed by atoms with E-state index in [1.54, 1.807) is 11.1 Å². The Hall–Kier alpha value is -2.17. The van der Waals surface area contributed by atoms with Crippen LogP contribution in [0.25, 0.3) is 11.0 Å². The molecule has 5 heteroatoms. The number of ketones is 1. The van der Waals surface area contributed by atoms with Crippen LogP contribution < -0.4 is 0 Å². The van der Waals surface area contributed by atoms with E-state index in [2.05, 4.69) is 9.97 Å². The quantitative estimate of drug-likeness (QED) is 0.777. The third-order valence-corrected chi connectivity index (χ3v) is 2.97. The van der Waals surface area contributed by atoms with Crippen molar-refractivity contribution in [2.75, 3.05) is 6.54 Å². The van der Waals surface area contributed by atoms with Gasteiger partial charge in [0.1, 0.15) is 5.65 Å². The van der Waals surface area contributed by atoms with Gasteiger partial charge in [-0.05, 0) is 17.7 Å². The second-order valence-corrected chi connectivity index (χ2v) is 4.18. The summed E-state index contributed by atoms with van der Waals surface area (Å²) in [4.78, 5) is 31.5. The fourth-order valence-electron chi connectivity index (χ4n) is 2.13. The van der Waals surface area contributed by atoms with Crippen LogP contribution in [-0.2, 0) is 16.1 Å². The molecule has 0 radical (unpaired) electrons. The summed E-state index contributed by atoms with van der Waals surface area (Å²) in [6.07, 6.45) is 3.60. The molecule has 3 heterocycles. The van der Waals surface area contributed by atoms with Gasteiger partial charge < -0.3 is 9.88 Å². The van der Waals surface area contributed by atoms with Crippen LogP contribution in [0.15, 0.2) is 24.5 Å². The van der Waals surface area contributed by atoms with Gasteiger partial charge in [-0.15, -0.1) is 0 Å². The minimum Gasteiger partial charge on any atom is -0.346 e. The molecule has 0 aliphatic carbocycles. The van der Waals surface area contributed by atoms with E-state index in [9.17, 15) is 9.59 Å². The Morgan fingerprint density at radius 2 is 2.29 bits per heavy atom. The highest BCUT2D eigenvalue weighted by atomic mass is 16.2. The number of carbonyl (C=O) groups excluding carboxylic acids is 2. The summed E-state index contributed by atoms with van der Waals surface area (Å²) in [5.41, 5.74) is 1.80. The monoisotopic (exact) mass is 229 g/mol. The second-order valence-electron chi connectivity index (χ2n) is 4.18. The fourth-order valence-corrected chi connectivity index (χ4v) is 2.13. The van der Waals surface area contributed by atoms with Crippen molar-refractivity contribution < 1.29 is 9.59 Å². The molecule has 17 heavy (non-hydrogen) atoms. The van der Waals surface area contributed by atoms with Crippen molar-refractivity contribution in [2.24, 2.45) is 0 Å². The Morgan fingerprint density at radius 1 is 1.41 bits per heavy atom. The highest BCUT2D eigenvalue weighted by Crippen LogP contribution is 2.19. The lowest BCUT2D eigenvalue weighted by Crippen LogP contribution is -2.24. The van der Waals surface area contributed by atoms with Crippen LogP contribution in [0.3, 0.4) is 0 Å². The van der Waals surface area contributed by atoms with E-state index in [0.29, 0.717) is 6.54 Å². The third-order valence-electron chi connectivity index (χ3n) is 2.97. The first-order valence-electron chi connectivity index (χ1n) is 5.44. The lowest BCUT2D eigenvalue weighted by molar-refractivity contribution is -0.128. The highest BCUT2D eigenvalue weighted by molar-refractivity contribution is 6.05. The molecule has 3 rings (SSSR count). The molecule has 1 N–H and O–H groups in total. The summed E-state index contributed by atoms with van der Waals surface area (Å²) in [6, 6.07) is 3.81. The molecule has 1 fully saturated rings. The lowest BCUT2D eigenvalue weighted by Gasteiger charge is -2.13. The number of rotatable bonds is 2. The minimum atomic E-state index is -0.0896. The first kappa shape index (κ1) is 10.0. The molecule has 0 saturated carbocycles. The average molecular weight is 229 g/mol. The number of carbonyl (C=O) groups is 2. The van der Waals surface area contributed by atoms with Gasteiger partial charge in [0, 0.05) is 24.3 Å². The summed E-state index contributed by atoms with van der Waals surface area (Å²) in [5.74, 6) is -0.0961. The van der Waals surface area contributed by atoms with Crippen LogP contribution in [0, 0.1) is 0 Å². The molecule has 2 aromatic rings. The zero-order chi connectivity index (χ0) is 11.8. The van der Waals surface area contributed by atoms with E-state index in [-0.39, 0.29) is 24.7 Å². The van der Waals surface area contributed by atoms with Crippen LogP contribution in [0.2, 0.25) is 0 Å². The largest absolute Gasteiger partial charge is 0.346 e. The van der Waals surface area contributed by atoms with Gasteiger partial charge in [-0.1, -0.05) is 0 Å². The molecule has 0 bridgehead atoms. The predicted molar refractivity (Wildman–Crippen MR) is 61.1 cm³/mol. The third kappa shape index (κ3) is 1.69. The smallest absolute Gasteiger partial charge is 0.230 e. The summed E-state index contributed by atoms with van der Waals surface area (Å²) in [7, 11) is 0. The van der Waals surface area contributed by atoms with Gasteiger partial charge in [0.25, 0.3) is 0 Å². The average Bonchev–Trinajstić information content (AvgIpc) is 2.85. The van der Waals surface area contributed by atoms with Gasteiger partial charge in [0.2, 0.25) is 5.91 Å². The first-order chi connectivity index (χ1) is 8.24. The van der Waals surface area contributed by atoms with Gasteiger partial charge in [0.05, 0.1) is 13.0 Å². The maximum absolute atomic E-state index is 11.5. The van der Waals surface area contributed by atoms with Crippen LogP contribution >= 0.6 is 0 Å². The van der Waals surface area contributed by atoms with Crippen LogP contribution in [0.1, 0.15) is 12.0 Å². The molecule has 1 saturated heterocycles. The number of hydrogen-bond acceptors (Lipinski definition) is 3.